The van der Waals surface area contributed by atoms with Gasteiger partial charge in [-0.3, -0.25) is 0 Å². The van der Waals surface area contributed by atoms with Crippen molar-refractivity contribution >= 4 is 33.9 Å². The summed E-state index contributed by atoms with van der Waals surface area (Å²) < 4.78 is 6.08. The molecule has 0 bridgehead atoms. The van der Waals surface area contributed by atoms with Crippen LogP contribution in [0.2, 0.25) is 0 Å². The average molecular weight is 553 g/mol. The van der Waals surface area contributed by atoms with Gasteiger partial charge in [-0.2, -0.15) is 0 Å². The zero-order chi connectivity index (χ0) is 27.2. The largest absolute Gasteiger partial charge is 0.415 e. The van der Waals surface area contributed by atoms with Crippen molar-refractivity contribution in [2.24, 2.45) is 10.9 Å². The number of thiazole rings is 1. The highest BCUT2D eigenvalue weighted by molar-refractivity contribution is 7.99. The summed E-state index contributed by atoms with van der Waals surface area (Å²) >= 11 is 3.04. The Labute approximate surface area is 238 Å². The van der Waals surface area contributed by atoms with Gasteiger partial charge >= 0.3 is 0 Å². The smallest absolute Gasteiger partial charge is 0.276 e. The number of hydrogen-bond acceptors (Lipinski definition) is 7. The Kier molecular flexibility index (Phi) is 8.69. The molecule has 2 aromatic heterocycles. The number of nitrogens with zero attached hydrogens (tertiary/aromatic N) is 4. The van der Waals surface area contributed by atoms with E-state index in [4.69, 9.17) is 14.4 Å². The lowest BCUT2D eigenvalue weighted by Crippen LogP contribution is -2.04. The van der Waals surface area contributed by atoms with Gasteiger partial charge in [-0.25, -0.2) is 9.98 Å². The van der Waals surface area contributed by atoms with Crippen molar-refractivity contribution < 1.29 is 4.42 Å². The highest BCUT2D eigenvalue weighted by Crippen LogP contribution is 2.30. The summed E-state index contributed by atoms with van der Waals surface area (Å²) in [6.07, 6.45) is 1.08. The van der Waals surface area contributed by atoms with Crippen molar-refractivity contribution in [3.05, 3.63) is 112 Å². The van der Waals surface area contributed by atoms with Gasteiger partial charge in [-0.15, -0.1) is 21.5 Å². The van der Waals surface area contributed by atoms with Crippen molar-refractivity contribution in [2.45, 2.75) is 45.3 Å². The van der Waals surface area contributed by atoms with Crippen molar-refractivity contribution in [3.63, 3.8) is 0 Å². The molecule has 0 amide bonds. The van der Waals surface area contributed by atoms with Gasteiger partial charge in [-0.1, -0.05) is 110 Å². The maximum atomic E-state index is 6.08. The molecule has 2 heterocycles. The molecule has 5 nitrogen and oxygen atoms in total. The summed E-state index contributed by atoms with van der Waals surface area (Å²) in [6.45, 7) is 8.66. The summed E-state index contributed by atoms with van der Waals surface area (Å²) in [5.41, 5.74) is 7.72. The van der Waals surface area contributed by atoms with E-state index < -0.39 is 0 Å². The summed E-state index contributed by atoms with van der Waals surface area (Å²) in [5.74, 6) is 1.87. The molecule has 1 atom stereocenters. The van der Waals surface area contributed by atoms with E-state index in [2.05, 4.69) is 104 Å². The molecule has 5 rings (SSSR count). The van der Waals surface area contributed by atoms with Crippen LogP contribution in [0.5, 0.6) is 0 Å². The molecule has 0 fully saturated rings. The number of hydrogen-bond donors (Lipinski definition) is 0. The lowest BCUT2D eigenvalue weighted by molar-refractivity contribution is 0.404. The van der Waals surface area contributed by atoms with Crippen LogP contribution in [-0.2, 0) is 6.42 Å². The molecule has 5 aromatic rings. The summed E-state index contributed by atoms with van der Waals surface area (Å²) in [4.78, 5) is 9.72. The number of aryl methyl sites for hydroxylation is 1. The van der Waals surface area contributed by atoms with Gasteiger partial charge in [-0.05, 0) is 42.9 Å². The van der Waals surface area contributed by atoms with Gasteiger partial charge < -0.3 is 4.42 Å². The van der Waals surface area contributed by atoms with Crippen LogP contribution in [0.15, 0.2) is 98.9 Å². The van der Waals surface area contributed by atoms with Gasteiger partial charge in [0.15, 0.2) is 0 Å². The van der Waals surface area contributed by atoms with E-state index in [0.717, 1.165) is 34.1 Å². The minimum absolute atomic E-state index is 0.0249. The van der Waals surface area contributed by atoms with E-state index in [9.17, 15) is 0 Å². The zero-order valence-corrected chi connectivity index (χ0v) is 24.3. The summed E-state index contributed by atoms with van der Waals surface area (Å²) in [6, 6.07) is 27.3. The lowest BCUT2D eigenvalue weighted by atomic mass is 9.97. The molecule has 0 spiro atoms. The molecule has 7 heteroatoms. The van der Waals surface area contributed by atoms with E-state index >= 15 is 0 Å². The molecule has 0 radical (unpaired) electrons. The third-order valence-electron chi connectivity index (χ3n) is 6.43. The molecule has 0 aliphatic carbocycles. The second-order valence-electron chi connectivity index (χ2n) is 10.1. The average Bonchev–Trinajstić information content (AvgIpc) is 3.62. The van der Waals surface area contributed by atoms with Crippen LogP contribution in [0.25, 0.3) is 11.3 Å². The second-order valence-corrected chi connectivity index (χ2v) is 11.8. The Balaban J connectivity index is 1.32. The van der Waals surface area contributed by atoms with Crippen LogP contribution in [0.3, 0.4) is 0 Å². The van der Waals surface area contributed by atoms with Gasteiger partial charge in [0, 0.05) is 16.7 Å². The van der Waals surface area contributed by atoms with Crippen LogP contribution in [0, 0.1) is 12.8 Å². The summed E-state index contributed by atoms with van der Waals surface area (Å²) in [7, 11) is 0. The fourth-order valence-corrected chi connectivity index (χ4v) is 5.69. The van der Waals surface area contributed by atoms with Crippen molar-refractivity contribution in [3.8, 4) is 11.3 Å². The minimum atomic E-state index is 0.0249. The number of rotatable bonds is 10. The second kappa shape index (κ2) is 12.5. The van der Waals surface area contributed by atoms with Gasteiger partial charge in [0.1, 0.15) is 0 Å². The van der Waals surface area contributed by atoms with Crippen LogP contribution in [-0.4, -0.2) is 26.6 Å². The first-order valence-electron chi connectivity index (χ1n) is 13.1. The predicted molar refractivity (Wildman–Crippen MR) is 162 cm³/mol. The van der Waals surface area contributed by atoms with Crippen LogP contribution < -0.4 is 0 Å². The number of thioether (sulfide) groups is 1. The third-order valence-corrected chi connectivity index (χ3v) is 7.99. The Morgan fingerprint density at radius 1 is 0.923 bits per heavy atom. The van der Waals surface area contributed by atoms with Crippen LogP contribution in [0.4, 0.5) is 5.13 Å². The van der Waals surface area contributed by atoms with Gasteiger partial charge in [0.2, 0.25) is 11.0 Å². The van der Waals surface area contributed by atoms with Crippen LogP contribution >= 0.6 is 23.1 Å². The molecular weight excluding hydrogens is 521 g/mol. The van der Waals surface area contributed by atoms with E-state index in [0.29, 0.717) is 22.8 Å². The number of aromatic nitrogens is 3. The summed E-state index contributed by atoms with van der Waals surface area (Å²) in [5, 5.41) is 12.0. The molecule has 198 valence electrons. The van der Waals surface area contributed by atoms with E-state index in [-0.39, 0.29) is 5.92 Å². The van der Waals surface area contributed by atoms with E-state index in [1.165, 1.54) is 28.5 Å². The zero-order valence-electron chi connectivity index (χ0n) is 22.7. The highest BCUT2D eigenvalue weighted by Gasteiger charge is 2.18. The van der Waals surface area contributed by atoms with Crippen molar-refractivity contribution in [1.82, 2.24) is 15.2 Å². The quantitative estimate of drug-likeness (QED) is 0.128. The maximum Gasteiger partial charge on any atom is 0.276 e. The Morgan fingerprint density at radius 2 is 1.67 bits per heavy atom. The van der Waals surface area contributed by atoms with Gasteiger partial charge in [0.25, 0.3) is 5.22 Å². The fraction of sp³-hybridized carbons (Fsp3) is 0.250. The lowest BCUT2D eigenvalue weighted by Gasteiger charge is -2.09. The molecule has 3 aromatic carbocycles. The molecule has 0 aliphatic heterocycles. The van der Waals surface area contributed by atoms with Crippen LogP contribution in [0.1, 0.15) is 54.8 Å². The van der Waals surface area contributed by atoms with Gasteiger partial charge in [0.05, 0.1) is 17.3 Å². The SMILES string of the molecule is Cc1ccc(C(CSc2nnc(C(C)c3ccc(CC(C)C)cc3)o2)=Nc2nc(-c3ccccc3)cs2)cc1. The molecule has 0 aliphatic rings. The molecule has 39 heavy (non-hydrogen) atoms. The van der Waals surface area contributed by atoms with Crippen molar-refractivity contribution in [2.75, 3.05) is 5.75 Å². The standard InChI is InChI=1S/C32H32N4OS2/c1-21(2)18-24-12-16-25(17-13-24)23(4)30-35-36-32(37-30)39-20-29(27-14-10-22(3)11-15-27)34-31-33-28(19-38-31)26-8-6-5-7-9-26/h5-17,19,21,23H,18,20H2,1-4H3. The fourth-order valence-electron chi connectivity index (χ4n) is 4.24. The normalized spacial score (nSPS) is 12.7. The molecule has 0 saturated heterocycles. The third kappa shape index (κ3) is 7.11. The number of benzene rings is 3. The monoisotopic (exact) mass is 552 g/mol. The first kappa shape index (κ1) is 27.0. The maximum absolute atomic E-state index is 6.08. The molecule has 1 unspecified atom stereocenters. The first-order chi connectivity index (χ1) is 18.9. The predicted octanol–water partition coefficient (Wildman–Crippen LogP) is 8.76. The number of aliphatic imine (C=N–C) groups is 1. The molecular formula is C32H32N4OS2. The Morgan fingerprint density at radius 3 is 2.38 bits per heavy atom. The Hall–Kier alpha value is -3.55. The van der Waals surface area contributed by atoms with E-state index in [1.807, 2.05) is 18.2 Å². The highest BCUT2D eigenvalue weighted by atomic mass is 32.2. The Bertz CT molecular complexity index is 1520. The van der Waals surface area contributed by atoms with E-state index in [1.54, 1.807) is 11.3 Å². The molecule has 0 N–H and O–H groups in total. The minimum Gasteiger partial charge on any atom is -0.415 e. The first-order valence-corrected chi connectivity index (χ1v) is 15.0. The molecule has 0 saturated carbocycles. The topological polar surface area (TPSA) is 64.2 Å². The van der Waals surface area contributed by atoms with Crippen molar-refractivity contribution in [1.29, 1.82) is 0 Å².